The monoisotopic (exact) mass is 207 g/mol. The average Bonchev–Trinajstić information content (AvgIpc) is 3.02. The molecule has 0 bridgehead atoms. The molecule has 1 saturated heterocycles. The van der Waals surface area contributed by atoms with Crippen LogP contribution in [0.3, 0.4) is 0 Å². The molecule has 1 aliphatic carbocycles. The Labute approximate surface area is 88.2 Å². The summed E-state index contributed by atoms with van der Waals surface area (Å²) in [6, 6.07) is 2.06. The Morgan fingerprint density at radius 3 is 2.60 bits per heavy atom. The van der Waals surface area contributed by atoms with E-state index in [1.165, 1.54) is 4.90 Å². The van der Waals surface area contributed by atoms with Crippen LogP contribution < -0.4 is 0 Å². The molecule has 5 heteroatoms. The van der Waals surface area contributed by atoms with E-state index in [0.29, 0.717) is 25.9 Å². The van der Waals surface area contributed by atoms with Gasteiger partial charge in [-0.3, -0.25) is 9.59 Å². The third-order valence-electron chi connectivity index (χ3n) is 3.12. The molecule has 2 amide bonds. The molecule has 80 valence electrons. The summed E-state index contributed by atoms with van der Waals surface area (Å²) < 4.78 is 0. The minimum Gasteiger partial charge on any atom is -0.342 e. The van der Waals surface area contributed by atoms with Crippen molar-refractivity contribution in [1.29, 1.82) is 5.26 Å². The highest BCUT2D eigenvalue weighted by molar-refractivity contribution is 5.92. The van der Waals surface area contributed by atoms with E-state index >= 15 is 0 Å². The first-order chi connectivity index (χ1) is 7.09. The Kier molecular flexibility index (Phi) is 2.14. The summed E-state index contributed by atoms with van der Waals surface area (Å²) in [5.41, 5.74) is -0.795. The molecule has 2 aliphatic rings. The van der Waals surface area contributed by atoms with Gasteiger partial charge < -0.3 is 9.80 Å². The molecule has 0 aromatic rings. The van der Waals surface area contributed by atoms with Gasteiger partial charge in [-0.15, -0.1) is 0 Å². The number of piperazine rings is 1. The Morgan fingerprint density at radius 1 is 1.47 bits per heavy atom. The van der Waals surface area contributed by atoms with Crippen LogP contribution in [0.25, 0.3) is 0 Å². The van der Waals surface area contributed by atoms with Gasteiger partial charge in [-0.05, 0) is 12.8 Å². The Balaban J connectivity index is 2.04. The average molecular weight is 207 g/mol. The highest BCUT2D eigenvalue weighted by atomic mass is 16.2. The van der Waals surface area contributed by atoms with Crippen LogP contribution in [-0.2, 0) is 9.59 Å². The van der Waals surface area contributed by atoms with Crippen molar-refractivity contribution < 1.29 is 9.59 Å². The van der Waals surface area contributed by atoms with Crippen molar-refractivity contribution in [3.63, 3.8) is 0 Å². The first-order valence-electron chi connectivity index (χ1n) is 5.04. The van der Waals surface area contributed by atoms with Crippen LogP contribution in [0.15, 0.2) is 0 Å². The van der Waals surface area contributed by atoms with Crippen LogP contribution >= 0.6 is 0 Å². The number of hydrogen-bond acceptors (Lipinski definition) is 3. The fourth-order valence-electron chi connectivity index (χ4n) is 1.73. The van der Waals surface area contributed by atoms with Gasteiger partial charge in [0.2, 0.25) is 11.8 Å². The quantitative estimate of drug-likeness (QED) is 0.587. The van der Waals surface area contributed by atoms with Gasteiger partial charge >= 0.3 is 0 Å². The molecule has 0 spiro atoms. The van der Waals surface area contributed by atoms with Gasteiger partial charge in [-0.1, -0.05) is 0 Å². The lowest BCUT2D eigenvalue weighted by Crippen LogP contribution is -2.52. The van der Waals surface area contributed by atoms with E-state index in [4.69, 9.17) is 5.26 Å². The summed E-state index contributed by atoms with van der Waals surface area (Å²) in [5.74, 6) is -0.213. The predicted molar refractivity (Wildman–Crippen MR) is 51.5 cm³/mol. The zero-order valence-corrected chi connectivity index (χ0v) is 8.69. The molecule has 1 aliphatic heterocycles. The van der Waals surface area contributed by atoms with Gasteiger partial charge in [0.15, 0.2) is 0 Å². The zero-order chi connectivity index (χ0) is 11.1. The molecule has 0 N–H and O–H groups in total. The minimum atomic E-state index is -0.795. The third kappa shape index (κ3) is 1.56. The number of rotatable bonds is 1. The van der Waals surface area contributed by atoms with Gasteiger partial charge in [0, 0.05) is 20.1 Å². The smallest absolute Gasteiger partial charge is 0.243 e. The summed E-state index contributed by atoms with van der Waals surface area (Å²) in [6.07, 6.45) is 1.28. The minimum absolute atomic E-state index is 0.0525. The van der Waals surface area contributed by atoms with Crippen LogP contribution in [0.2, 0.25) is 0 Å². The third-order valence-corrected chi connectivity index (χ3v) is 3.12. The Morgan fingerprint density at radius 2 is 2.13 bits per heavy atom. The molecule has 1 saturated carbocycles. The second-order valence-electron chi connectivity index (χ2n) is 4.24. The molecule has 0 radical (unpaired) electrons. The maximum Gasteiger partial charge on any atom is 0.243 e. The highest BCUT2D eigenvalue weighted by Crippen LogP contribution is 2.46. The molecule has 0 atom stereocenters. The van der Waals surface area contributed by atoms with Gasteiger partial charge in [0.25, 0.3) is 0 Å². The lowest BCUT2D eigenvalue weighted by Gasteiger charge is -2.33. The van der Waals surface area contributed by atoms with Crippen molar-refractivity contribution >= 4 is 11.8 Å². The normalized spacial score (nSPS) is 23.6. The van der Waals surface area contributed by atoms with Crippen LogP contribution in [0.1, 0.15) is 12.8 Å². The first-order valence-corrected chi connectivity index (χ1v) is 5.04. The second-order valence-corrected chi connectivity index (χ2v) is 4.24. The number of likely N-dealkylation sites (N-methyl/N-ethyl adjacent to an activating group) is 1. The number of nitriles is 1. The molecule has 0 aromatic heterocycles. The van der Waals surface area contributed by atoms with Crippen molar-refractivity contribution in [3.8, 4) is 6.07 Å². The largest absolute Gasteiger partial charge is 0.342 e. The van der Waals surface area contributed by atoms with Crippen LogP contribution in [0.5, 0.6) is 0 Å². The summed E-state index contributed by atoms with van der Waals surface area (Å²) >= 11 is 0. The fraction of sp³-hybridized carbons (Fsp3) is 0.700. The zero-order valence-electron chi connectivity index (χ0n) is 8.69. The Hall–Kier alpha value is -1.57. The summed E-state index contributed by atoms with van der Waals surface area (Å²) in [6.45, 7) is 1.23. The standard InChI is InChI=1S/C10H13N3O2/c1-12-4-5-13(6-8(12)14)9(15)10(7-11)2-3-10/h2-6H2,1H3. The molecule has 2 fully saturated rings. The summed E-state index contributed by atoms with van der Waals surface area (Å²) in [4.78, 5) is 26.4. The predicted octanol–water partition coefficient (Wildman–Crippen LogP) is -0.409. The first kappa shape index (κ1) is 9.97. The molecule has 0 aromatic carbocycles. The van der Waals surface area contributed by atoms with E-state index < -0.39 is 5.41 Å². The van der Waals surface area contributed by atoms with Crippen molar-refractivity contribution in [2.45, 2.75) is 12.8 Å². The summed E-state index contributed by atoms with van der Waals surface area (Å²) in [5, 5.41) is 8.88. The number of nitrogens with zero attached hydrogens (tertiary/aromatic N) is 3. The fourth-order valence-corrected chi connectivity index (χ4v) is 1.73. The van der Waals surface area contributed by atoms with Gasteiger partial charge in [-0.2, -0.15) is 5.26 Å². The van der Waals surface area contributed by atoms with E-state index in [-0.39, 0.29) is 18.4 Å². The summed E-state index contributed by atoms with van der Waals surface area (Å²) in [7, 11) is 1.72. The van der Waals surface area contributed by atoms with Crippen molar-refractivity contribution in [2.24, 2.45) is 5.41 Å². The van der Waals surface area contributed by atoms with Gasteiger partial charge in [0.05, 0.1) is 12.6 Å². The van der Waals surface area contributed by atoms with Gasteiger partial charge in [-0.25, -0.2) is 0 Å². The molecular weight excluding hydrogens is 194 g/mol. The van der Waals surface area contributed by atoms with Crippen molar-refractivity contribution in [1.82, 2.24) is 9.80 Å². The molecule has 15 heavy (non-hydrogen) atoms. The van der Waals surface area contributed by atoms with E-state index in [1.807, 2.05) is 0 Å². The number of hydrogen-bond donors (Lipinski definition) is 0. The Bertz CT molecular complexity index is 354. The maximum absolute atomic E-state index is 11.9. The molecular formula is C10H13N3O2. The van der Waals surface area contributed by atoms with E-state index in [2.05, 4.69) is 6.07 Å². The lowest BCUT2D eigenvalue weighted by atomic mass is 10.1. The van der Waals surface area contributed by atoms with E-state index in [9.17, 15) is 9.59 Å². The lowest BCUT2D eigenvalue weighted by molar-refractivity contribution is -0.146. The number of amides is 2. The molecule has 2 rings (SSSR count). The topological polar surface area (TPSA) is 64.4 Å². The van der Waals surface area contributed by atoms with Crippen molar-refractivity contribution in [3.05, 3.63) is 0 Å². The van der Waals surface area contributed by atoms with Crippen LogP contribution in [0.4, 0.5) is 0 Å². The SMILES string of the molecule is CN1CCN(C(=O)C2(C#N)CC2)CC1=O. The number of carbonyl (C=O) groups excluding carboxylic acids is 2. The van der Waals surface area contributed by atoms with E-state index in [0.717, 1.165) is 0 Å². The second kappa shape index (κ2) is 3.23. The van der Waals surface area contributed by atoms with Crippen LogP contribution in [-0.4, -0.2) is 48.3 Å². The number of carbonyl (C=O) groups is 2. The van der Waals surface area contributed by atoms with Gasteiger partial charge in [0.1, 0.15) is 5.41 Å². The maximum atomic E-state index is 11.9. The highest BCUT2D eigenvalue weighted by Gasteiger charge is 2.53. The van der Waals surface area contributed by atoms with E-state index in [1.54, 1.807) is 11.9 Å². The molecule has 5 nitrogen and oxygen atoms in total. The van der Waals surface area contributed by atoms with Crippen LogP contribution in [0, 0.1) is 16.7 Å². The molecule has 0 unspecified atom stereocenters. The molecule has 1 heterocycles. The van der Waals surface area contributed by atoms with Crippen molar-refractivity contribution in [2.75, 3.05) is 26.7 Å².